The number of carbonyl (C=O) groups excluding carboxylic acids is 1. The predicted molar refractivity (Wildman–Crippen MR) is 65.1 cm³/mol. The van der Waals surface area contributed by atoms with Gasteiger partial charge in [-0.25, -0.2) is 0 Å². The molecule has 0 bridgehead atoms. The molecule has 1 aromatic heterocycles. The molecular formula is C11H11ClN4O. The van der Waals surface area contributed by atoms with E-state index in [2.05, 4.69) is 15.5 Å². The van der Waals surface area contributed by atoms with Crippen LogP contribution in [0.4, 0.5) is 5.95 Å². The van der Waals surface area contributed by atoms with Crippen molar-refractivity contribution in [1.82, 2.24) is 14.8 Å². The highest BCUT2D eigenvalue weighted by atomic mass is 35.5. The van der Waals surface area contributed by atoms with Crippen LogP contribution in [0, 0.1) is 6.92 Å². The highest BCUT2D eigenvalue weighted by Gasteiger charge is 2.10. The number of carbonyl (C=O) groups is 1. The van der Waals surface area contributed by atoms with Gasteiger partial charge in [-0.3, -0.25) is 10.1 Å². The monoisotopic (exact) mass is 250 g/mol. The summed E-state index contributed by atoms with van der Waals surface area (Å²) >= 11 is 5.96. The molecule has 0 spiro atoms. The number of halogens is 1. The number of hydrogen-bond acceptors (Lipinski definition) is 3. The molecule has 0 aliphatic carbocycles. The third-order valence-electron chi connectivity index (χ3n) is 2.37. The van der Waals surface area contributed by atoms with Crippen molar-refractivity contribution >= 4 is 23.5 Å². The highest BCUT2D eigenvalue weighted by Crippen LogP contribution is 2.17. The van der Waals surface area contributed by atoms with Crippen molar-refractivity contribution in [2.24, 2.45) is 7.05 Å². The Morgan fingerprint density at radius 2 is 2.24 bits per heavy atom. The van der Waals surface area contributed by atoms with E-state index in [1.165, 1.54) is 6.33 Å². The molecule has 5 nitrogen and oxygen atoms in total. The van der Waals surface area contributed by atoms with Crippen molar-refractivity contribution in [3.63, 3.8) is 0 Å². The summed E-state index contributed by atoms with van der Waals surface area (Å²) in [6, 6.07) is 5.14. The molecule has 0 atom stereocenters. The van der Waals surface area contributed by atoms with Crippen LogP contribution in [-0.4, -0.2) is 20.7 Å². The summed E-state index contributed by atoms with van der Waals surface area (Å²) in [6.45, 7) is 1.88. The Hall–Kier alpha value is -1.88. The van der Waals surface area contributed by atoms with Gasteiger partial charge in [-0.05, 0) is 24.6 Å². The Bertz CT molecular complexity index is 564. The van der Waals surface area contributed by atoms with E-state index in [9.17, 15) is 4.79 Å². The molecule has 88 valence electrons. The molecule has 0 aliphatic rings. The fraction of sp³-hybridized carbons (Fsp3) is 0.182. The largest absolute Gasteiger partial charge is 0.303 e. The summed E-state index contributed by atoms with van der Waals surface area (Å²) in [5.41, 5.74) is 1.42. The molecule has 1 aromatic carbocycles. The number of benzene rings is 1. The van der Waals surface area contributed by atoms with Gasteiger partial charge in [-0.1, -0.05) is 17.7 Å². The Morgan fingerprint density at radius 1 is 1.47 bits per heavy atom. The second-order valence-corrected chi connectivity index (χ2v) is 4.09. The third-order valence-corrected chi connectivity index (χ3v) is 2.78. The lowest BCUT2D eigenvalue weighted by Gasteiger charge is -2.05. The number of hydrogen-bond donors (Lipinski definition) is 1. The summed E-state index contributed by atoms with van der Waals surface area (Å²) in [5.74, 6) is 0.134. The van der Waals surface area contributed by atoms with Gasteiger partial charge in [-0.15, -0.1) is 10.2 Å². The summed E-state index contributed by atoms with van der Waals surface area (Å²) < 4.78 is 1.62. The first-order chi connectivity index (χ1) is 8.08. The SMILES string of the molecule is Cc1ccc(C(=O)Nc2nncn2C)cc1Cl. The summed E-state index contributed by atoms with van der Waals surface area (Å²) in [6.07, 6.45) is 1.51. The van der Waals surface area contributed by atoms with E-state index in [0.29, 0.717) is 16.5 Å². The van der Waals surface area contributed by atoms with Gasteiger partial charge in [0.15, 0.2) is 0 Å². The van der Waals surface area contributed by atoms with E-state index in [0.717, 1.165) is 5.56 Å². The van der Waals surface area contributed by atoms with Crippen LogP contribution in [0.25, 0.3) is 0 Å². The quantitative estimate of drug-likeness (QED) is 0.887. The molecule has 17 heavy (non-hydrogen) atoms. The van der Waals surface area contributed by atoms with Gasteiger partial charge in [-0.2, -0.15) is 0 Å². The van der Waals surface area contributed by atoms with E-state index < -0.39 is 0 Å². The van der Waals surface area contributed by atoms with Crippen LogP contribution in [0.1, 0.15) is 15.9 Å². The standard InChI is InChI=1S/C11H11ClN4O/c1-7-3-4-8(5-9(7)12)10(17)14-11-15-13-6-16(11)2/h3-6H,1-2H3,(H,14,15,17). The molecule has 0 saturated heterocycles. The normalized spacial score (nSPS) is 10.3. The minimum Gasteiger partial charge on any atom is -0.303 e. The highest BCUT2D eigenvalue weighted by molar-refractivity contribution is 6.31. The molecule has 6 heteroatoms. The zero-order chi connectivity index (χ0) is 12.4. The molecule has 2 aromatic rings. The predicted octanol–water partition coefficient (Wildman–Crippen LogP) is 2.03. The lowest BCUT2D eigenvalue weighted by Crippen LogP contribution is -2.15. The third kappa shape index (κ3) is 2.45. The fourth-order valence-electron chi connectivity index (χ4n) is 1.30. The maximum atomic E-state index is 11.9. The van der Waals surface area contributed by atoms with E-state index in [-0.39, 0.29) is 5.91 Å². The van der Waals surface area contributed by atoms with Crippen molar-refractivity contribution in [3.8, 4) is 0 Å². The number of anilines is 1. The van der Waals surface area contributed by atoms with E-state index in [4.69, 9.17) is 11.6 Å². The molecule has 2 rings (SSSR count). The molecule has 1 N–H and O–H groups in total. The Balaban J connectivity index is 2.20. The van der Waals surface area contributed by atoms with Gasteiger partial charge in [0.1, 0.15) is 6.33 Å². The van der Waals surface area contributed by atoms with Crippen molar-refractivity contribution in [3.05, 3.63) is 40.7 Å². The Kier molecular flexibility index (Phi) is 3.10. The fourth-order valence-corrected chi connectivity index (χ4v) is 1.48. The maximum Gasteiger partial charge on any atom is 0.258 e. The Morgan fingerprint density at radius 3 is 2.82 bits per heavy atom. The molecule has 0 unspecified atom stereocenters. The molecule has 0 aliphatic heterocycles. The van der Waals surface area contributed by atoms with Gasteiger partial charge in [0, 0.05) is 17.6 Å². The molecule has 0 fully saturated rings. The number of aromatic nitrogens is 3. The maximum absolute atomic E-state index is 11.9. The smallest absolute Gasteiger partial charge is 0.258 e. The van der Waals surface area contributed by atoms with Gasteiger partial charge in [0.25, 0.3) is 5.91 Å². The number of amides is 1. The number of nitrogens with zero attached hydrogens (tertiary/aromatic N) is 3. The summed E-state index contributed by atoms with van der Waals surface area (Å²) in [7, 11) is 1.75. The van der Waals surface area contributed by atoms with Crippen LogP contribution in [0.15, 0.2) is 24.5 Å². The van der Waals surface area contributed by atoms with Gasteiger partial charge >= 0.3 is 0 Å². The van der Waals surface area contributed by atoms with Crippen LogP contribution in [0.5, 0.6) is 0 Å². The summed E-state index contributed by atoms with van der Waals surface area (Å²) in [5, 5.41) is 10.7. The van der Waals surface area contributed by atoms with Crippen molar-refractivity contribution in [1.29, 1.82) is 0 Å². The van der Waals surface area contributed by atoms with Gasteiger partial charge < -0.3 is 4.57 Å². The van der Waals surface area contributed by atoms with E-state index in [1.54, 1.807) is 29.8 Å². The lowest BCUT2D eigenvalue weighted by molar-refractivity contribution is 0.102. The van der Waals surface area contributed by atoms with Crippen LogP contribution in [0.3, 0.4) is 0 Å². The first-order valence-electron chi connectivity index (χ1n) is 4.99. The van der Waals surface area contributed by atoms with Crippen molar-refractivity contribution in [2.75, 3.05) is 5.32 Å². The van der Waals surface area contributed by atoms with E-state index >= 15 is 0 Å². The van der Waals surface area contributed by atoms with Crippen molar-refractivity contribution in [2.45, 2.75) is 6.92 Å². The van der Waals surface area contributed by atoms with Crippen LogP contribution >= 0.6 is 11.6 Å². The number of rotatable bonds is 2. The first kappa shape index (κ1) is 11.6. The number of aryl methyl sites for hydroxylation is 2. The number of nitrogens with one attached hydrogen (secondary N) is 1. The minimum atomic E-state index is -0.261. The topological polar surface area (TPSA) is 59.8 Å². The van der Waals surface area contributed by atoms with Crippen LogP contribution in [0.2, 0.25) is 5.02 Å². The molecular weight excluding hydrogens is 240 g/mol. The minimum absolute atomic E-state index is 0.261. The first-order valence-corrected chi connectivity index (χ1v) is 5.37. The summed E-state index contributed by atoms with van der Waals surface area (Å²) in [4.78, 5) is 11.9. The lowest BCUT2D eigenvalue weighted by atomic mass is 10.1. The second-order valence-electron chi connectivity index (χ2n) is 3.68. The van der Waals surface area contributed by atoms with Crippen molar-refractivity contribution < 1.29 is 4.79 Å². The van der Waals surface area contributed by atoms with Gasteiger partial charge in [0.05, 0.1) is 0 Å². The van der Waals surface area contributed by atoms with Crippen LogP contribution < -0.4 is 5.32 Å². The van der Waals surface area contributed by atoms with E-state index in [1.807, 2.05) is 6.92 Å². The zero-order valence-corrected chi connectivity index (χ0v) is 10.2. The molecule has 1 amide bonds. The van der Waals surface area contributed by atoms with Crippen LogP contribution in [-0.2, 0) is 7.05 Å². The Labute approximate surface area is 103 Å². The average molecular weight is 251 g/mol. The second kappa shape index (κ2) is 4.55. The molecule has 0 saturated carbocycles. The molecule has 0 radical (unpaired) electrons. The zero-order valence-electron chi connectivity index (χ0n) is 9.44. The average Bonchev–Trinajstić information content (AvgIpc) is 2.68. The van der Waals surface area contributed by atoms with Gasteiger partial charge in [0.2, 0.25) is 5.95 Å². The molecule has 1 heterocycles.